The number of nitrogens with zero attached hydrogens (tertiary/aromatic N) is 2. The van der Waals surface area contributed by atoms with E-state index >= 15 is 0 Å². The second kappa shape index (κ2) is 6.46. The number of ether oxygens (including phenoxy) is 1. The van der Waals surface area contributed by atoms with Gasteiger partial charge in [0.05, 0.1) is 12.8 Å². The molecule has 0 saturated carbocycles. The SMILES string of the molecule is COC(=O)c1cccn2cc(CSc3cc(C)ccc3C)nc12. The molecule has 0 aliphatic carbocycles. The molecule has 0 aliphatic heterocycles. The van der Waals surface area contributed by atoms with Crippen molar-refractivity contribution in [3.05, 3.63) is 65.1 Å². The van der Waals surface area contributed by atoms with Gasteiger partial charge in [0, 0.05) is 23.0 Å². The van der Waals surface area contributed by atoms with E-state index < -0.39 is 0 Å². The minimum atomic E-state index is -0.366. The Balaban J connectivity index is 1.86. The van der Waals surface area contributed by atoms with Crippen LogP contribution in [0.25, 0.3) is 5.65 Å². The lowest BCUT2D eigenvalue weighted by atomic mass is 10.2. The highest BCUT2D eigenvalue weighted by Crippen LogP contribution is 2.27. The summed E-state index contributed by atoms with van der Waals surface area (Å²) in [6, 6.07) is 10.00. The largest absolute Gasteiger partial charge is 0.465 e. The second-order valence-corrected chi connectivity index (χ2v) is 6.45. The summed E-state index contributed by atoms with van der Waals surface area (Å²) in [4.78, 5) is 17.7. The van der Waals surface area contributed by atoms with Crippen molar-refractivity contribution in [2.45, 2.75) is 24.5 Å². The monoisotopic (exact) mass is 326 g/mol. The maximum Gasteiger partial charge on any atom is 0.341 e. The zero-order valence-electron chi connectivity index (χ0n) is 13.4. The van der Waals surface area contributed by atoms with E-state index in [1.165, 1.54) is 23.1 Å². The van der Waals surface area contributed by atoms with Crippen LogP contribution in [0, 0.1) is 13.8 Å². The van der Waals surface area contributed by atoms with E-state index in [2.05, 4.69) is 37.0 Å². The van der Waals surface area contributed by atoms with E-state index in [0.29, 0.717) is 11.2 Å². The third-order valence-corrected chi connectivity index (χ3v) is 4.85. The van der Waals surface area contributed by atoms with Crippen LogP contribution >= 0.6 is 11.8 Å². The van der Waals surface area contributed by atoms with Crippen molar-refractivity contribution in [3.63, 3.8) is 0 Å². The lowest BCUT2D eigenvalue weighted by molar-refractivity contribution is 0.0602. The number of carbonyl (C=O) groups excluding carboxylic acids is 1. The van der Waals surface area contributed by atoms with Gasteiger partial charge in [-0.05, 0) is 37.6 Å². The van der Waals surface area contributed by atoms with E-state index in [-0.39, 0.29) is 5.97 Å². The number of rotatable bonds is 4. The molecule has 1 aromatic carbocycles. The molecule has 3 rings (SSSR count). The third kappa shape index (κ3) is 3.24. The molecular formula is C18H18N2O2S. The molecule has 0 N–H and O–H groups in total. The highest BCUT2D eigenvalue weighted by Gasteiger charge is 2.13. The average Bonchev–Trinajstić information content (AvgIpc) is 2.97. The van der Waals surface area contributed by atoms with Crippen LogP contribution in [-0.4, -0.2) is 22.5 Å². The topological polar surface area (TPSA) is 43.6 Å². The summed E-state index contributed by atoms with van der Waals surface area (Å²) in [5, 5.41) is 0. The first-order valence-electron chi connectivity index (χ1n) is 7.33. The number of fused-ring (bicyclic) bond motifs is 1. The molecule has 2 aromatic heterocycles. The first kappa shape index (κ1) is 15.6. The number of hydrogen-bond donors (Lipinski definition) is 0. The molecule has 0 radical (unpaired) electrons. The lowest BCUT2D eigenvalue weighted by Gasteiger charge is -2.05. The van der Waals surface area contributed by atoms with Gasteiger partial charge in [-0.2, -0.15) is 0 Å². The van der Waals surface area contributed by atoms with Gasteiger partial charge < -0.3 is 9.14 Å². The third-order valence-electron chi connectivity index (χ3n) is 3.66. The van der Waals surface area contributed by atoms with Crippen LogP contribution in [0.1, 0.15) is 27.2 Å². The van der Waals surface area contributed by atoms with E-state index in [4.69, 9.17) is 4.74 Å². The molecule has 0 saturated heterocycles. The fourth-order valence-corrected chi connectivity index (χ4v) is 3.42. The summed E-state index contributed by atoms with van der Waals surface area (Å²) >= 11 is 1.76. The van der Waals surface area contributed by atoms with Gasteiger partial charge in [0.1, 0.15) is 5.56 Å². The number of aromatic nitrogens is 2. The summed E-state index contributed by atoms with van der Waals surface area (Å²) in [5.41, 5.74) is 4.57. The molecule has 4 nitrogen and oxygen atoms in total. The molecule has 0 bridgehead atoms. The van der Waals surface area contributed by atoms with Crippen molar-refractivity contribution in [3.8, 4) is 0 Å². The quantitative estimate of drug-likeness (QED) is 0.536. The van der Waals surface area contributed by atoms with Crippen LogP contribution in [-0.2, 0) is 10.5 Å². The van der Waals surface area contributed by atoms with Crippen molar-refractivity contribution in [2.24, 2.45) is 0 Å². The minimum Gasteiger partial charge on any atom is -0.465 e. The van der Waals surface area contributed by atoms with Gasteiger partial charge in [0.2, 0.25) is 0 Å². The first-order chi connectivity index (χ1) is 11.1. The average molecular weight is 326 g/mol. The Morgan fingerprint density at radius 1 is 1.30 bits per heavy atom. The van der Waals surface area contributed by atoms with Gasteiger partial charge in [0.15, 0.2) is 5.65 Å². The van der Waals surface area contributed by atoms with Gasteiger partial charge >= 0.3 is 5.97 Å². The van der Waals surface area contributed by atoms with Gasteiger partial charge in [0.25, 0.3) is 0 Å². The molecule has 0 aliphatic rings. The number of methoxy groups -OCH3 is 1. The first-order valence-corrected chi connectivity index (χ1v) is 8.32. The van der Waals surface area contributed by atoms with E-state index in [1.54, 1.807) is 17.8 Å². The van der Waals surface area contributed by atoms with Crippen LogP contribution in [0.5, 0.6) is 0 Å². The Labute approximate surface area is 139 Å². The van der Waals surface area contributed by atoms with Gasteiger partial charge in [-0.1, -0.05) is 17.7 Å². The Bertz CT molecular complexity index is 871. The summed E-state index contributed by atoms with van der Waals surface area (Å²) in [6.07, 6.45) is 3.85. The number of hydrogen-bond acceptors (Lipinski definition) is 4. The van der Waals surface area contributed by atoms with Crippen molar-refractivity contribution in [1.82, 2.24) is 9.38 Å². The Kier molecular flexibility index (Phi) is 4.39. The number of esters is 1. The normalized spacial score (nSPS) is 10.9. The molecule has 0 atom stereocenters. The van der Waals surface area contributed by atoms with Crippen LogP contribution in [0.2, 0.25) is 0 Å². The van der Waals surface area contributed by atoms with E-state index in [1.807, 2.05) is 22.9 Å². The molecule has 5 heteroatoms. The minimum absolute atomic E-state index is 0.366. The molecule has 118 valence electrons. The van der Waals surface area contributed by atoms with Gasteiger partial charge in [-0.25, -0.2) is 9.78 Å². The fourth-order valence-electron chi connectivity index (χ4n) is 2.42. The van der Waals surface area contributed by atoms with Crippen LogP contribution in [0.15, 0.2) is 47.6 Å². The molecule has 0 unspecified atom stereocenters. The Hall–Kier alpha value is -2.27. The van der Waals surface area contributed by atoms with Gasteiger partial charge in [-0.3, -0.25) is 0 Å². The highest BCUT2D eigenvalue weighted by atomic mass is 32.2. The summed E-state index contributed by atoms with van der Waals surface area (Å²) in [6.45, 7) is 4.21. The number of pyridine rings is 1. The standard InChI is InChI=1S/C18H18N2O2S/c1-12-6-7-13(2)16(9-12)23-11-14-10-20-8-4-5-15(17(20)19-14)18(21)22-3/h4-10H,11H2,1-3H3. The lowest BCUT2D eigenvalue weighted by Crippen LogP contribution is -2.03. The summed E-state index contributed by atoms with van der Waals surface area (Å²) < 4.78 is 6.68. The van der Waals surface area contributed by atoms with Crippen LogP contribution < -0.4 is 0 Å². The number of carbonyl (C=O) groups is 1. The molecule has 0 amide bonds. The van der Waals surface area contributed by atoms with E-state index in [9.17, 15) is 4.79 Å². The fraction of sp³-hybridized carbons (Fsp3) is 0.222. The molecule has 2 heterocycles. The molecule has 0 spiro atoms. The van der Waals surface area contributed by atoms with Crippen molar-refractivity contribution in [1.29, 1.82) is 0 Å². The maximum atomic E-state index is 11.8. The highest BCUT2D eigenvalue weighted by molar-refractivity contribution is 7.98. The number of thioether (sulfide) groups is 1. The van der Waals surface area contributed by atoms with Crippen molar-refractivity contribution < 1.29 is 9.53 Å². The van der Waals surface area contributed by atoms with Crippen molar-refractivity contribution >= 4 is 23.4 Å². The van der Waals surface area contributed by atoms with Crippen LogP contribution in [0.4, 0.5) is 0 Å². The number of aryl methyl sites for hydroxylation is 2. The smallest absolute Gasteiger partial charge is 0.341 e. The molecular weight excluding hydrogens is 308 g/mol. The summed E-state index contributed by atoms with van der Waals surface area (Å²) in [7, 11) is 1.38. The molecule has 0 fully saturated rings. The predicted octanol–water partition coefficient (Wildman–Crippen LogP) is 4.03. The summed E-state index contributed by atoms with van der Waals surface area (Å²) in [5.74, 6) is 0.391. The zero-order chi connectivity index (χ0) is 16.4. The zero-order valence-corrected chi connectivity index (χ0v) is 14.2. The van der Waals surface area contributed by atoms with E-state index in [0.717, 1.165) is 11.4 Å². The molecule has 3 aromatic rings. The Morgan fingerprint density at radius 3 is 2.91 bits per heavy atom. The van der Waals surface area contributed by atoms with Crippen LogP contribution in [0.3, 0.4) is 0 Å². The second-order valence-electron chi connectivity index (χ2n) is 5.43. The number of imidazole rings is 1. The Morgan fingerprint density at radius 2 is 2.13 bits per heavy atom. The number of benzene rings is 1. The maximum absolute atomic E-state index is 11.8. The van der Waals surface area contributed by atoms with Gasteiger partial charge in [-0.15, -0.1) is 11.8 Å². The predicted molar refractivity (Wildman–Crippen MR) is 92.0 cm³/mol. The molecule has 23 heavy (non-hydrogen) atoms. The van der Waals surface area contributed by atoms with Crippen molar-refractivity contribution in [2.75, 3.05) is 7.11 Å².